The van der Waals surface area contributed by atoms with Crippen LogP contribution in [0.4, 0.5) is 17.2 Å². The molecule has 0 bridgehead atoms. The zero-order valence-electron chi connectivity index (χ0n) is 39.2. The standard InChI is InChI=1S/C51H61N11O7/c1-34(68-44-17-11-15-39-47(44)51(67)62(50(39)66)42-22-23-46(64)53-49(42)65)41-33-61(57-55-41)26-10-6-4-2-3-5-9-24-58-27-29-59(30-28-58)35-18-20-36(21-19-35)60-25-12-13-37(32-60)69-45-31-40(54-56-48(45)52)38-14-7-8-16-43(38)63/h7-8,11,14-21,31,33-34,37,42,63H,2-6,9-10,12-13,22-30,32H2,1H3,(H2,52,56)(H,53,64,65). The van der Waals surface area contributed by atoms with Gasteiger partial charge in [0.05, 0.1) is 23.9 Å². The predicted octanol–water partition coefficient (Wildman–Crippen LogP) is 6.16. The maximum Gasteiger partial charge on any atom is 0.266 e. The van der Waals surface area contributed by atoms with Gasteiger partial charge in [-0.3, -0.25) is 39.0 Å². The molecule has 18 nitrogen and oxygen atoms in total. The van der Waals surface area contributed by atoms with Gasteiger partial charge in [-0.1, -0.05) is 55.5 Å². The number of para-hydroxylation sites is 1. The number of phenols is 1. The number of imide groups is 2. The number of piperidine rings is 2. The lowest BCUT2D eigenvalue weighted by Gasteiger charge is -2.37. The van der Waals surface area contributed by atoms with Crippen molar-refractivity contribution in [2.75, 3.05) is 61.3 Å². The molecule has 3 aromatic carbocycles. The second kappa shape index (κ2) is 21.5. The Morgan fingerprint density at radius 1 is 0.754 bits per heavy atom. The number of amides is 4. The number of hydrogen-bond acceptors (Lipinski definition) is 15. The number of aryl methyl sites for hydroxylation is 1. The van der Waals surface area contributed by atoms with Crippen LogP contribution in [0.1, 0.15) is 110 Å². The number of phenolic OH excluding ortho intramolecular Hbond substituents is 1. The first kappa shape index (κ1) is 47.0. The summed E-state index contributed by atoms with van der Waals surface area (Å²) in [5.41, 5.74) is 10.6. The van der Waals surface area contributed by atoms with Crippen molar-refractivity contribution in [3.05, 3.63) is 95.8 Å². The molecule has 2 aromatic heterocycles. The Hall–Kier alpha value is -7.08. The minimum atomic E-state index is -1.05. The Kier molecular flexibility index (Phi) is 14.6. The predicted molar refractivity (Wildman–Crippen MR) is 259 cm³/mol. The topological polar surface area (TPSA) is 214 Å². The second-order valence-electron chi connectivity index (χ2n) is 18.4. The number of carbonyl (C=O) groups excluding carboxylic acids is 4. The summed E-state index contributed by atoms with van der Waals surface area (Å²) in [6.45, 7) is 9.58. The number of nitrogen functional groups attached to an aromatic ring is 1. The molecule has 3 atom stereocenters. The van der Waals surface area contributed by atoms with Gasteiger partial charge in [-0.15, -0.1) is 15.3 Å². The normalized spacial score (nSPS) is 19.2. The average Bonchev–Trinajstić information content (AvgIpc) is 3.94. The van der Waals surface area contributed by atoms with E-state index in [9.17, 15) is 24.3 Å². The Morgan fingerprint density at radius 2 is 1.46 bits per heavy atom. The van der Waals surface area contributed by atoms with Crippen molar-refractivity contribution in [2.24, 2.45) is 0 Å². The first-order valence-electron chi connectivity index (χ1n) is 24.4. The lowest BCUT2D eigenvalue weighted by atomic mass is 10.0. The third kappa shape index (κ3) is 11.0. The van der Waals surface area contributed by atoms with E-state index in [4.69, 9.17) is 15.2 Å². The van der Waals surface area contributed by atoms with Crippen molar-refractivity contribution in [3.8, 4) is 28.5 Å². The van der Waals surface area contributed by atoms with Crippen LogP contribution in [-0.4, -0.2) is 122 Å². The monoisotopic (exact) mass is 939 g/mol. The number of hydrogen-bond donors (Lipinski definition) is 3. The fraction of sp³-hybridized carbons (Fsp3) is 0.451. The number of nitrogens with one attached hydrogen (secondary N) is 1. The molecule has 9 rings (SSSR count). The molecule has 3 unspecified atom stereocenters. The highest BCUT2D eigenvalue weighted by Crippen LogP contribution is 2.36. The zero-order valence-corrected chi connectivity index (χ0v) is 39.2. The van der Waals surface area contributed by atoms with Crippen molar-refractivity contribution in [1.29, 1.82) is 0 Å². The van der Waals surface area contributed by atoms with Crippen LogP contribution in [0, 0.1) is 0 Å². The Morgan fingerprint density at radius 3 is 2.22 bits per heavy atom. The maximum absolute atomic E-state index is 13.5. The van der Waals surface area contributed by atoms with Gasteiger partial charge in [-0.25, -0.2) is 0 Å². The molecular weight excluding hydrogens is 879 g/mol. The van der Waals surface area contributed by atoms with Gasteiger partial charge in [-0.2, -0.15) is 0 Å². The van der Waals surface area contributed by atoms with E-state index in [-0.39, 0.29) is 47.4 Å². The van der Waals surface area contributed by atoms with Gasteiger partial charge in [0.2, 0.25) is 11.8 Å². The number of nitrogens with zero attached hydrogens (tertiary/aromatic N) is 9. The number of piperazine rings is 1. The second-order valence-corrected chi connectivity index (χ2v) is 18.4. The van der Waals surface area contributed by atoms with Crippen molar-refractivity contribution >= 4 is 40.8 Å². The molecule has 0 aliphatic carbocycles. The average molecular weight is 940 g/mol. The van der Waals surface area contributed by atoms with Crippen LogP contribution in [0.15, 0.2) is 79.0 Å². The highest BCUT2D eigenvalue weighted by atomic mass is 16.5. The molecule has 0 saturated carbocycles. The maximum atomic E-state index is 13.5. The van der Waals surface area contributed by atoms with Crippen molar-refractivity contribution < 1.29 is 33.8 Å². The van der Waals surface area contributed by atoms with E-state index < -0.39 is 35.8 Å². The van der Waals surface area contributed by atoms with E-state index >= 15 is 0 Å². The summed E-state index contributed by atoms with van der Waals surface area (Å²) in [6.07, 6.45) is 11.5. The third-order valence-corrected chi connectivity index (χ3v) is 13.7. The number of unbranched alkanes of at least 4 members (excludes halogenated alkanes) is 6. The zero-order chi connectivity index (χ0) is 47.9. The van der Waals surface area contributed by atoms with Gasteiger partial charge >= 0.3 is 0 Å². The van der Waals surface area contributed by atoms with Gasteiger partial charge in [-0.05, 0) is 94.1 Å². The van der Waals surface area contributed by atoms with E-state index in [2.05, 4.69) is 64.8 Å². The lowest BCUT2D eigenvalue weighted by Crippen LogP contribution is -2.54. The van der Waals surface area contributed by atoms with Crippen LogP contribution in [0.25, 0.3) is 11.3 Å². The third-order valence-electron chi connectivity index (χ3n) is 13.7. The van der Waals surface area contributed by atoms with E-state index in [0.29, 0.717) is 22.7 Å². The fourth-order valence-corrected chi connectivity index (χ4v) is 9.79. The van der Waals surface area contributed by atoms with Gasteiger partial charge in [0.25, 0.3) is 11.8 Å². The minimum Gasteiger partial charge on any atom is -0.507 e. The summed E-state index contributed by atoms with van der Waals surface area (Å²) in [7, 11) is 0. The molecule has 4 amide bonds. The Bertz CT molecular complexity index is 2630. The van der Waals surface area contributed by atoms with Crippen LogP contribution in [0.3, 0.4) is 0 Å². The van der Waals surface area contributed by atoms with E-state index in [1.165, 1.54) is 43.5 Å². The summed E-state index contributed by atoms with van der Waals surface area (Å²) in [5, 5.41) is 29.4. The molecule has 0 radical (unpaired) electrons. The number of nitrogens with two attached hydrogens (primary N) is 1. The summed E-state index contributed by atoms with van der Waals surface area (Å²) < 4.78 is 14.4. The SMILES string of the molecule is CC(Oc1cccc2c1C(=O)N(C1CCC(=O)NC1=O)C2=O)c1cn(CCCCCCCCCN2CCN(c3ccc(N4CCCC(Oc5cc(-c6ccccc6O)nnc5N)C4)cc3)CC2)nn1. The lowest BCUT2D eigenvalue weighted by molar-refractivity contribution is -0.136. The molecule has 69 heavy (non-hydrogen) atoms. The van der Waals surface area contributed by atoms with Gasteiger partial charge in [0.1, 0.15) is 41.1 Å². The molecule has 18 heteroatoms. The minimum absolute atomic E-state index is 0.0524. The number of rotatable bonds is 19. The molecule has 362 valence electrons. The number of aromatic nitrogens is 5. The van der Waals surface area contributed by atoms with Crippen LogP contribution in [0.5, 0.6) is 17.2 Å². The van der Waals surface area contributed by atoms with Gasteiger partial charge in [0, 0.05) is 68.7 Å². The number of benzene rings is 3. The van der Waals surface area contributed by atoms with Crippen molar-refractivity contribution in [2.45, 2.75) is 102 Å². The summed E-state index contributed by atoms with van der Waals surface area (Å²) in [5.74, 6) is -1.19. The summed E-state index contributed by atoms with van der Waals surface area (Å²) >= 11 is 0. The largest absolute Gasteiger partial charge is 0.507 e. The van der Waals surface area contributed by atoms with Crippen LogP contribution in [0.2, 0.25) is 0 Å². The fourth-order valence-electron chi connectivity index (χ4n) is 9.79. The molecule has 0 spiro atoms. The van der Waals surface area contributed by atoms with Crippen molar-refractivity contribution in [1.82, 2.24) is 40.3 Å². The summed E-state index contributed by atoms with van der Waals surface area (Å²) in [6, 6.07) is 21.5. The van der Waals surface area contributed by atoms with E-state index in [0.717, 1.165) is 82.9 Å². The number of fused-ring (bicyclic) bond motifs is 1. The highest BCUT2D eigenvalue weighted by Gasteiger charge is 2.46. The van der Waals surface area contributed by atoms with Crippen molar-refractivity contribution in [3.63, 3.8) is 0 Å². The van der Waals surface area contributed by atoms with E-state index in [1.54, 1.807) is 42.5 Å². The first-order chi connectivity index (χ1) is 33.6. The Labute approximate surface area is 401 Å². The van der Waals surface area contributed by atoms with Gasteiger partial charge in [0.15, 0.2) is 11.6 Å². The number of carbonyl (C=O) groups is 4. The highest BCUT2D eigenvalue weighted by molar-refractivity contribution is 6.24. The Balaban J connectivity index is 0.635. The van der Waals surface area contributed by atoms with E-state index in [1.807, 2.05) is 23.9 Å². The number of anilines is 3. The molecule has 5 aromatic rings. The molecule has 4 aliphatic rings. The summed E-state index contributed by atoms with van der Waals surface area (Å²) in [4.78, 5) is 59.2. The van der Waals surface area contributed by atoms with Gasteiger partial charge < -0.3 is 30.1 Å². The molecule has 6 heterocycles. The van der Waals surface area contributed by atoms with Crippen LogP contribution >= 0.6 is 0 Å². The smallest absolute Gasteiger partial charge is 0.266 e. The van der Waals surface area contributed by atoms with Crippen LogP contribution in [-0.2, 0) is 16.1 Å². The molecule has 4 aliphatic heterocycles. The number of ether oxygens (including phenoxy) is 2. The molecule has 3 saturated heterocycles. The quantitative estimate of drug-likeness (QED) is 0.0624. The molecular formula is C51H61N11O7. The molecule has 4 N–H and O–H groups in total. The van der Waals surface area contributed by atoms with Crippen LogP contribution < -0.4 is 30.3 Å². The first-order valence-corrected chi connectivity index (χ1v) is 24.4. The molecule has 3 fully saturated rings. The number of aromatic hydroxyl groups is 1.